The zero-order valence-corrected chi connectivity index (χ0v) is 11.3. The zero-order chi connectivity index (χ0) is 13.3. The van der Waals surface area contributed by atoms with Crippen molar-refractivity contribution in [3.63, 3.8) is 0 Å². The number of likely N-dealkylation sites (N-methyl/N-ethyl adjacent to an activating group) is 1. The molecule has 1 aliphatic heterocycles. The Bertz CT molecular complexity index is 433. The fraction of sp³-hybridized carbons (Fsp3) is 0.500. The van der Waals surface area contributed by atoms with E-state index in [1.54, 1.807) is 0 Å². The van der Waals surface area contributed by atoms with Crippen LogP contribution in [0.3, 0.4) is 0 Å². The third-order valence-electron chi connectivity index (χ3n) is 3.33. The third-order valence-corrected chi connectivity index (χ3v) is 3.33. The summed E-state index contributed by atoms with van der Waals surface area (Å²) in [6.45, 7) is 6.10. The molecule has 0 unspecified atom stereocenters. The highest BCUT2D eigenvalue weighted by molar-refractivity contribution is 5.95. The van der Waals surface area contributed by atoms with Gasteiger partial charge in [0.05, 0.1) is 6.54 Å². The van der Waals surface area contributed by atoms with Crippen LogP contribution in [0.15, 0.2) is 24.3 Å². The summed E-state index contributed by atoms with van der Waals surface area (Å²) in [5.41, 5.74) is 7.74. The zero-order valence-electron chi connectivity index (χ0n) is 11.3. The van der Waals surface area contributed by atoms with E-state index in [1.165, 1.54) is 0 Å². The second-order valence-electron chi connectivity index (χ2n) is 5.55. The number of benzene rings is 1. The van der Waals surface area contributed by atoms with Crippen LogP contribution in [0.25, 0.3) is 0 Å². The first-order valence-electron chi connectivity index (χ1n) is 6.26. The predicted octanol–water partition coefficient (Wildman–Crippen LogP) is 1.16. The number of piperazine rings is 1. The summed E-state index contributed by atoms with van der Waals surface area (Å²) < 4.78 is 0. The SMILES string of the molecule is CN1CCN(c2ccc(C(C)(C)N)cc2)C(=O)C1. The molecular weight excluding hydrogens is 226 g/mol. The van der Waals surface area contributed by atoms with E-state index < -0.39 is 0 Å². The summed E-state index contributed by atoms with van der Waals surface area (Å²) in [5, 5.41) is 0. The largest absolute Gasteiger partial charge is 0.322 e. The average Bonchev–Trinajstić information content (AvgIpc) is 2.28. The molecule has 2 rings (SSSR count). The van der Waals surface area contributed by atoms with Gasteiger partial charge in [-0.05, 0) is 38.6 Å². The molecule has 1 saturated heterocycles. The van der Waals surface area contributed by atoms with Gasteiger partial charge in [-0.2, -0.15) is 0 Å². The van der Waals surface area contributed by atoms with Gasteiger partial charge in [0.15, 0.2) is 0 Å². The molecule has 0 saturated carbocycles. The Morgan fingerprint density at radius 3 is 2.28 bits per heavy atom. The lowest BCUT2D eigenvalue weighted by atomic mass is 9.95. The Balaban J connectivity index is 2.17. The minimum absolute atomic E-state index is 0.156. The molecule has 4 heteroatoms. The molecule has 0 aromatic heterocycles. The number of nitrogens with zero attached hydrogens (tertiary/aromatic N) is 2. The Labute approximate surface area is 108 Å². The summed E-state index contributed by atoms with van der Waals surface area (Å²) in [7, 11) is 1.97. The Morgan fingerprint density at radius 2 is 1.78 bits per heavy atom. The number of carbonyl (C=O) groups is 1. The van der Waals surface area contributed by atoms with E-state index >= 15 is 0 Å². The molecule has 0 radical (unpaired) electrons. The van der Waals surface area contributed by atoms with E-state index in [-0.39, 0.29) is 11.4 Å². The Hall–Kier alpha value is -1.39. The first-order chi connectivity index (χ1) is 8.38. The summed E-state index contributed by atoms with van der Waals surface area (Å²) in [5.74, 6) is 0.156. The topological polar surface area (TPSA) is 49.6 Å². The number of hydrogen-bond donors (Lipinski definition) is 1. The first-order valence-corrected chi connectivity index (χ1v) is 6.26. The van der Waals surface area contributed by atoms with E-state index in [0.717, 1.165) is 24.3 Å². The van der Waals surface area contributed by atoms with Crippen LogP contribution < -0.4 is 10.6 Å². The lowest BCUT2D eigenvalue weighted by Crippen LogP contribution is -2.48. The van der Waals surface area contributed by atoms with Crippen molar-refractivity contribution in [2.45, 2.75) is 19.4 Å². The quantitative estimate of drug-likeness (QED) is 0.853. The molecule has 1 aromatic rings. The number of amides is 1. The van der Waals surface area contributed by atoms with Crippen molar-refractivity contribution in [1.82, 2.24) is 4.90 Å². The maximum absolute atomic E-state index is 11.9. The smallest absolute Gasteiger partial charge is 0.241 e. The van der Waals surface area contributed by atoms with Crippen LogP contribution in [0, 0.1) is 0 Å². The first kappa shape index (κ1) is 13.1. The molecule has 0 aliphatic carbocycles. The molecule has 0 spiro atoms. The van der Waals surface area contributed by atoms with Crippen LogP contribution in [0.2, 0.25) is 0 Å². The van der Waals surface area contributed by atoms with Gasteiger partial charge >= 0.3 is 0 Å². The standard InChI is InChI=1S/C14H21N3O/c1-14(2,15)11-4-6-12(7-5-11)17-9-8-16(3)10-13(17)18/h4-7H,8-10,15H2,1-3H3. The van der Waals surface area contributed by atoms with E-state index in [0.29, 0.717) is 6.54 Å². The highest BCUT2D eigenvalue weighted by Gasteiger charge is 2.23. The van der Waals surface area contributed by atoms with E-state index in [2.05, 4.69) is 0 Å². The molecular formula is C14H21N3O. The van der Waals surface area contributed by atoms with Gasteiger partial charge in [0.1, 0.15) is 0 Å². The van der Waals surface area contributed by atoms with Crippen molar-refractivity contribution in [2.75, 3.05) is 31.6 Å². The molecule has 1 aromatic carbocycles. The second-order valence-corrected chi connectivity index (χ2v) is 5.55. The predicted molar refractivity (Wildman–Crippen MR) is 73.5 cm³/mol. The molecule has 18 heavy (non-hydrogen) atoms. The Kier molecular flexibility index (Phi) is 3.41. The highest BCUT2D eigenvalue weighted by Crippen LogP contribution is 2.22. The van der Waals surface area contributed by atoms with Gasteiger partial charge < -0.3 is 10.6 Å². The molecule has 0 atom stereocenters. The summed E-state index contributed by atoms with van der Waals surface area (Å²) in [4.78, 5) is 15.8. The van der Waals surface area contributed by atoms with Crippen molar-refractivity contribution >= 4 is 11.6 Å². The number of hydrogen-bond acceptors (Lipinski definition) is 3. The fourth-order valence-electron chi connectivity index (χ4n) is 2.13. The van der Waals surface area contributed by atoms with Gasteiger partial charge in [0.25, 0.3) is 0 Å². The van der Waals surface area contributed by atoms with E-state index in [9.17, 15) is 4.79 Å². The maximum atomic E-state index is 11.9. The molecule has 0 bridgehead atoms. The number of carbonyl (C=O) groups excluding carboxylic acids is 1. The second kappa shape index (κ2) is 4.71. The normalized spacial score (nSPS) is 18.2. The molecule has 4 nitrogen and oxygen atoms in total. The highest BCUT2D eigenvalue weighted by atomic mass is 16.2. The average molecular weight is 247 g/mol. The molecule has 2 N–H and O–H groups in total. The van der Waals surface area contributed by atoms with Crippen LogP contribution in [0.1, 0.15) is 19.4 Å². The molecule has 1 fully saturated rings. The molecule has 1 heterocycles. The van der Waals surface area contributed by atoms with Gasteiger partial charge in [0, 0.05) is 24.3 Å². The number of nitrogens with two attached hydrogens (primary N) is 1. The van der Waals surface area contributed by atoms with Crippen LogP contribution >= 0.6 is 0 Å². The van der Waals surface area contributed by atoms with Crippen LogP contribution in [-0.4, -0.2) is 37.5 Å². The van der Waals surface area contributed by atoms with Gasteiger partial charge in [-0.1, -0.05) is 12.1 Å². The summed E-state index contributed by atoms with van der Waals surface area (Å²) in [6, 6.07) is 7.96. The third kappa shape index (κ3) is 2.71. The summed E-state index contributed by atoms with van der Waals surface area (Å²) >= 11 is 0. The molecule has 1 amide bonds. The summed E-state index contributed by atoms with van der Waals surface area (Å²) in [6.07, 6.45) is 0. The lowest BCUT2D eigenvalue weighted by molar-refractivity contribution is -0.120. The van der Waals surface area contributed by atoms with E-state index in [1.807, 2.05) is 55.0 Å². The van der Waals surface area contributed by atoms with Crippen molar-refractivity contribution in [1.29, 1.82) is 0 Å². The Morgan fingerprint density at radius 1 is 1.17 bits per heavy atom. The van der Waals surface area contributed by atoms with Crippen molar-refractivity contribution in [3.8, 4) is 0 Å². The minimum atomic E-state index is -0.343. The molecule has 98 valence electrons. The van der Waals surface area contributed by atoms with Gasteiger partial charge in [-0.15, -0.1) is 0 Å². The number of rotatable bonds is 2. The van der Waals surface area contributed by atoms with Crippen LogP contribution in [0.4, 0.5) is 5.69 Å². The van der Waals surface area contributed by atoms with Gasteiger partial charge in [-0.25, -0.2) is 0 Å². The monoisotopic (exact) mass is 247 g/mol. The van der Waals surface area contributed by atoms with E-state index in [4.69, 9.17) is 5.73 Å². The fourth-order valence-corrected chi connectivity index (χ4v) is 2.13. The van der Waals surface area contributed by atoms with Crippen molar-refractivity contribution in [3.05, 3.63) is 29.8 Å². The number of anilines is 1. The molecule has 1 aliphatic rings. The van der Waals surface area contributed by atoms with Gasteiger partial charge in [-0.3, -0.25) is 9.69 Å². The minimum Gasteiger partial charge on any atom is -0.322 e. The van der Waals surface area contributed by atoms with Crippen LogP contribution in [0.5, 0.6) is 0 Å². The van der Waals surface area contributed by atoms with Gasteiger partial charge in [0.2, 0.25) is 5.91 Å². The lowest BCUT2D eigenvalue weighted by Gasteiger charge is -2.32. The van der Waals surface area contributed by atoms with Crippen molar-refractivity contribution in [2.24, 2.45) is 5.73 Å². The maximum Gasteiger partial charge on any atom is 0.241 e. The van der Waals surface area contributed by atoms with Crippen molar-refractivity contribution < 1.29 is 4.79 Å². The van der Waals surface area contributed by atoms with Crippen LogP contribution in [-0.2, 0) is 10.3 Å².